The number of hydrogen-bond acceptors (Lipinski definition) is 3. The fraction of sp³-hybridized carbons (Fsp3) is 0.500. The highest BCUT2D eigenvalue weighted by Crippen LogP contribution is 2.31. The maximum absolute atomic E-state index is 13.9. The lowest BCUT2D eigenvalue weighted by Gasteiger charge is -2.30. The van der Waals surface area contributed by atoms with Crippen molar-refractivity contribution in [2.24, 2.45) is 5.73 Å². The van der Waals surface area contributed by atoms with Gasteiger partial charge in [-0.15, -0.1) is 0 Å². The lowest BCUT2D eigenvalue weighted by atomic mass is 9.86. The van der Waals surface area contributed by atoms with E-state index in [2.05, 4.69) is 5.32 Å². The summed E-state index contributed by atoms with van der Waals surface area (Å²) in [7, 11) is 1.38. The second kappa shape index (κ2) is 4.98. The van der Waals surface area contributed by atoms with E-state index in [0.717, 1.165) is 6.54 Å². The minimum Gasteiger partial charge on any atom is -0.497 e. The van der Waals surface area contributed by atoms with Crippen LogP contribution in [0.2, 0.25) is 0 Å². The standard InChI is InChI=1S/C12H16F2N2O/c1-17-7-4-9(13)12(10(14)5-7)8-2-3-16-6-11(8)15/h4-5,8,11,16H,2-3,6,15H2,1H3. The molecule has 0 aliphatic carbocycles. The number of hydrogen-bond donors (Lipinski definition) is 2. The van der Waals surface area contributed by atoms with Gasteiger partial charge in [0, 0.05) is 36.2 Å². The number of ether oxygens (including phenoxy) is 1. The number of benzene rings is 1. The first-order valence-corrected chi connectivity index (χ1v) is 5.62. The number of rotatable bonds is 2. The summed E-state index contributed by atoms with van der Waals surface area (Å²) in [6.45, 7) is 1.30. The van der Waals surface area contributed by atoms with Crippen LogP contribution in [0.25, 0.3) is 0 Å². The van der Waals surface area contributed by atoms with E-state index in [1.54, 1.807) is 0 Å². The largest absolute Gasteiger partial charge is 0.497 e. The molecular formula is C12H16F2N2O. The fourth-order valence-electron chi connectivity index (χ4n) is 2.27. The third-order valence-electron chi connectivity index (χ3n) is 3.19. The Kier molecular flexibility index (Phi) is 3.59. The van der Waals surface area contributed by atoms with Crippen LogP contribution >= 0.6 is 0 Å². The highest BCUT2D eigenvalue weighted by Gasteiger charge is 2.28. The highest BCUT2D eigenvalue weighted by atomic mass is 19.1. The monoisotopic (exact) mass is 242 g/mol. The smallest absolute Gasteiger partial charge is 0.133 e. The molecule has 1 aromatic carbocycles. The number of nitrogens with one attached hydrogen (secondary N) is 1. The fourth-order valence-corrected chi connectivity index (χ4v) is 2.27. The van der Waals surface area contributed by atoms with Crippen LogP contribution in [0.5, 0.6) is 5.75 Å². The molecule has 1 aromatic rings. The zero-order valence-corrected chi connectivity index (χ0v) is 9.67. The molecule has 1 aliphatic heterocycles. The summed E-state index contributed by atoms with van der Waals surface area (Å²) in [4.78, 5) is 0. The summed E-state index contributed by atoms with van der Waals surface area (Å²) in [6, 6.07) is 2.14. The molecule has 3 nitrogen and oxygen atoms in total. The van der Waals surface area contributed by atoms with Gasteiger partial charge in [-0.3, -0.25) is 0 Å². The molecule has 3 N–H and O–H groups in total. The third kappa shape index (κ3) is 2.40. The molecule has 2 rings (SSSR count). The van der Waals surface area contributed by atoms with Gasteiger partial charge in [-0.1, -0.05) is 0 Å². The molecule has 0 radical (unpaired) electrons. The van der Waals surface area contributed by atoms with E-state index in [0.29, 0.717) is 13.0 Å². The van der Waals surface area contributed by atoms with Crippen LogP contribution in [0, 0.1) is 11.6 Å². The van der Waals surface area contributed by atoms with Crippen LogP contribution in [0.15, 0.2) is 12.1 Å². The van der Waals surface area contributed by atoms with Gasteiger partial charge >= 0.3 is 0 Å². The second-order valence-corrected chi connectivity index (χ2v) is 4.27. The average Bonchev–Trinajstić information content (AvgIpc) is 2.30. The number of piperidine rings is 1. The summed E-state index contributed by atoms with van der Waals surface area (Å²) >= 11 is 0. The van der Waals surface area contributed by atoms with Gasteiger partial charge in [0.15, 0.2) is 0 Å². The van der Waals surface area contributed by atoms with E-state index in [4.69, 9.17) is 10.5 Å². The summed E-state index contributed by atoms with van der Waals surface area (Å²) in [5.74, 6) is -1.25. The maximum Gasteiger partial charge on any atom is 0.133 e. The van der Waals surface area contributed by atoms with E-state index in [1.807, 2.05) is 0 Å². The Balaban J connectivity index is 2.37. The minimum absolute atomic E-state index is 0.0831. The van der Waals surface area contributed by atoms with E-state index in [9.17, 15) is 8.78 Å². The van der Waals surface area contributed by atoms with E-state index >= 15 is 0 Å². The zero-order chi connectivity index (χ0) is 12.4. The topological polar surface area (TPSA) is 47.3 Å². The van der Waals surface area contributed by atoms with Crippen molar-refractivity contribution >= 4 is 0 Å². The molecule has 17 heavy (non-hydrogen) atoms. The summed E-state index contributed by atoms with van der Waals surface area (Å²) in [5.41, 5.74) is 5.98. The Morgan fingerprint density at radius 3 is 2.53 bits per heavy atom. The van der Waals surface area contributed by atoms with Crippen LogP contribution in [0.1, 0.15) is 17.9 Å². The normalized spacial score (nSPS) is 24.7. The SMILES string of the molecule is COc1cc(F)c(C2CCNCC2N)c(F)c1. The predicted octanol–water partition coefficient (Wildman–Crippen LogP) is 1.38. The second-order valence-electron chi connectivity index (χ2n) is 4.27. The lowest BCUT2D eigenvalue weighted by molar-refractivity contribution is 0.372. The summed E-state index contributed by atoms with van der Waals surface area (Å²) in [6.07, 6.45) is 0.640. The van der Waals surface area contributed by atoms with Crippen LogP contribution in [0.4, 0.5) is 8.78 Å². The molecule has 0 spiro atoms. The van der Waals surface area contributed by atoms with Crippen molar-refractivity contribution < 1.29 is 13.5 Å². The number of methoxy groups -OCH3 is 1. The molecule has 94 valence electrons. The van der Waals surface area contributed by atoms with Gasteiger partial charge in [-0.2, -0.15) is 0 Å². The molecule has 0 amide bonds. The van der Waals surface area contributed by atoms with Crippen molar-refractivity contribution in [1.29, 1.82) is 0 Å². The third-order valence-corrected chi connectivity index (χ3v) is 3.19. The van der Waals surface area contributed by atoms with Crippen LogP contribution in [-0.4, -0.2) is 26.2 Å². The Bertz CT molecular complexity index is 388. The molecule has 0 aromatic heterocycles. The van der Waals surface area contributed by atoms with E-state index in [-0.39, 0.29) is 23.3 Å². The zero-order valence-electron chi connectivity index (χ0n) is 9.67. The molecule has 2 atom stereocenters. The molecule has 1 saturated heterocycles. The van der Waals surface area contributed by atoms with E-state index in [1.165, 1.54) is 19.2 Å². The van der Waals surface area contributed by atoms with Crippen molar-refractivity contribution in [3.05, 3.63) is 29.3 Å². The van der Waals surface area contributed by atoms with Crippen molar-refractivity contribution in [2.75, 3.05) is 20.2 Å². The van der Waals surface area contributed by atoms with Crippen LogP contribution in [-0.2, 0) is 0 Å². The van der Waals surface area contributed by atoms with Gasteiger partial charge in [0.2, 0.25) is 0 Å². The van der Waals surface area contributed by atoms with Crippen molar-refractivity contribution in [3.63, 3.8) is 0 Å². The molecule has 2 unspecified atom stereocenters. The van der Waals surface area contributed by atoms with E-state index < -0.39 is 11.6 Å². The Morgan fingerprint density at radius 2 is 2.00 bits per heavy atom. The molecule has 0 bridgehead atoms. The first-order valence-electron chi connectivity index (χ1n) is 5.62. The summed E-state index contributed by atoms with van der Waals surface area (Å²) in [5, 5.41) is 3.10. The highest BCUT2D eigenvalue weighted by molar-refractivity contribution is 5.34. The maximum atomic E-state index is 13.9. The van der Waals surface area contributed by atoms with Crippen molar-refractivity contribution in [2.45, 2.75) is 18.4 Å². The van der Waals surface area contributed by atoms with Crippen molar-refractivity contribution in [3.8, 4) is 5.75 Å². The predicted molar refractivity (Wildman–Crippen MR) is 61.1 cm³/mol. The molecule has 5 heteroatoms. The minimum atomic E-state index is -0.579. The first-order chi connectivity index (χ1) is 8.13. The molecule has 1 aliphatic rings. The Labute approximate surface area is 98.9 Å². The molecule has 0 saturated carbocycles. The van der Waals surface area contributed by atoms with Gasteiger partial charge in [0.05, 0.1) is 7.11 Å². The van der Waals surface area contributed by atoms with Gasteiger partial charge in [0.25, 0.3) is 0 Å². The van der Waals surface area contributed by atoms with Crippen molar-refractivity contribution in [1.82, 2.24) is 5.32 Å². The molecule has 1 fully saturated rings. The average molecular weight is 242 g/mol. The first kappa shape index (κ1) is 12.3. The van der Waals surface area contributed by atoms with Crippen LogP contribution < -0.4 is 15.8 Å². The van der Waals surface area contributed by atoms with Gasteiger partial charge in [0.1, 0.15) is 17.4 Å². The lowest BCUT2D eigenvalue weighted by Crippen LogP contribution is -2.45. The summed E-state index contributed by atoms with van der Waals surface area (Å²) < 4.78 is 32.5. The molecular weight excluding hydrogens is 226 g/mol. The van der Waals surface area contributed by atoms with Crippen LogP contribution in [0.3, 0.4) is 0 Å². The Morgan fingerprint density at radius 1 is 1.35 bits per heavy atom. The molecule has 1 heterocycles. The quantitative estimate of drug-likeness (QED) is 0.823. The van der Waals surface area contributed by atoms with Gasteiger partial charge < -0.3 is 15.8 Å². The Hall–Kier alpha value is -1.20. The number of nitrogens with two attached hydrogens (primary N) is 1. The number of halogens is 2. The van der Waals surface area contributed by atoms with Gasteiger partial charge in [-0.05, 0) is 13.0 Å². The van der Waals surface area contributed by atoms with Gasteiger partial charge in [-0.25, -0.2) is 8.78 Å².